The monoisotopic (exact) mass is 292 g/mol. The third kappa shape index (κ3) is 3.06. The maximum Gasteiger partial charge on any atom is 0.336 e. The number of nitrogens with zero attached hydrogens (tertiary/aromatic N) is 4. The first-order chi connectivity index (χ1) is 10.1. The summed E-state index contributed by atoms with van der Waals surface area (Å²) in [5.41, 5.74) is -0.613. The van der Waals surface area contributed by atoms with Crippen LogP contribution >= 0.6 is 0 Å². The van der Waals surface area contributed by atoms with Gasteiger partial charge >= 0.3 is 11.7 Å². The Morgan fingerprint density at radius 3 is 3.05 bits per heavy atom. The van der Waals surface area contributed by atoms with Crippen molar-refractivity contribution in [2.24, 2.45) is 0 Å². The Morgan fingerprint density at radius 2 is 2.43 bits per heavy atom. The predicted octanol–water partition coefficient (Wildman–Crippen LogP) is 0.240. The SMILES string of the molecule is COC(=O)C1CN(c2ccc([N+](=O)[O-])c(C#N)n2)CCO1. The number of hydrogen-bond donors (Lipinski definition) is 0. The van der Waals surface area contributed by atoms with Crippen LogP contribution in [-0.2, 0) is 14.3 Å². The van der Waals surface area contributed by atoms with Crippen LogP contribution in [0.4, 0.5) is 11.5 Å². The lowest BCUT2D eigenvalue weighted by Crippen LogP contribution is -2.46. The van der Waals surface area contributed by atoms with Gasteiger partial charge in [0.15, 0.2) is 6.10 Å². The molecule has 2 heterocycles. The highest BCUT2D eigenvalue weighted by molar-refractivity contribution is 5.75. The minimum absolute atomic E-state index is 0.211. The van der Waals surface area contributed by atoms with Crippen LogP contribution in [-0.4, -0.2) is 48.8 Å². The lowest BCUT2D eigenvalue weighted by Gasteiger charge is -2.32. The predicted molar refractivity (Wildman–Crippen MR) is 69.6 cm³/mol. The first-order valence-electron chi connectivity index (χ1n) is 6.06. The number of methoxy groups -OCH3 is 1. The Hall–Kier alpha value is -2.73. The number of carbonyl (C=O) groups excluding carboxylic acids is 1. The van der Waals surface area contributed by atoms with Gasteiger partial charge in [0.1, 0.15) is 11.9 Å². The molecular weight excluding hydrogens is 280 g/mol. The molecule has 1 saturated heterocycles. The molecule has 110 valence electrons. The smallest absolute Gasteiger partial charge is 0.336 e. The fourth-order valence-corrected chi connectivity index (χ4v) is 1.98. The summed E-state index contributed by atoms with van der Waals surface area (Å²) in [5, 5.41) is 19.7. The fraction of sp³-hybridized carbons (Fsp3) is 0.417. The molecule has 2 rings (SSSR count). The zero-order chi connectivity index (χ0) is 15.4. The van der Waals surface area contributed by atoms with Crippen molar-refractivity contribution >= 4 is 17.5 Å². The summed E-state index contributed by atoms with van der Waals surface area (Å²) in [6.07, 6.45) is -0.744. The number of esters is 1. The molecule has 1 aliphatic heterocycles. The standard InChI is InChI=1S/C12H12N4O5/c1-20-12(17)10-7-15(4-5-21-10)11-3-2-9(16(18)19)8(6-13)14-11/h2-3,10H,4-5,7H2,1H3. The molecule has 9 nitrogen and oxygen atoms in total. The van der Waals surface area contributed by atoms with Crippen LogP contribution in [0.15, 0.2) is 12.1 Å². The minimum atomic E-state index is -0.744. The van der Waals surface area contributed by atoms with E-state index in [1.165, 1.54) is 19.2 Å². The van der Waals surface area contributed by atoms with E-state index in [0.29, 0.717) is 19.0 Å². The quantitative estimate of drug-likeness (QED) is 0.441. The number of aromatic nitrogens is 1. The largest absolute Gasteiger partial charge is 0.467 e. The van der Waals surface area contributed by atoms with Crippen LogP contribution in [0.3, 0.4) is 0 Å². The Kier molecular flexibility index (Phi) is 4.30. The number of ether oxygens (including phenoxy) is 2. The van der Waals surface area contributed by atoms with Crippen molar-refractivity contribution in [1.82, 2.24) is 4.98 Å². The average Bonchev–Trinajstić information content (AvgIpc) is 2.53. The number of hydrogen-bond acceptors (Lipinski definition) is 8. The van der Waals surface area contributed by atoms with Crippen LogP contribution in [0.1, 0.15) is 5.69 Å². The van der Waals surface area contributed by atoms with E-state index in [0.717, 1.165) is 0 Å². The first kappa shape index (κ1) is 14.7. The van der Waals surface area contributed by atoms with Gasteiger partial charge in [-0.2, -0.15) is 5.26 Å². The zero-order valence-electron chi connectivity index (χ0n) is 11.2. The second-order valence-electron chi connectivity index (χ2n) is 4.23. The van der Waals surface area contributed by atoms with Crippen molar-refractivity contribution in [2.75, 3.05) is 31.7 Å². The molecule has 0 saturated carbocycles. The van der Waals surface area contributed by atoms with E-state index in [2.05, 4.69) is 9.72 Å². The van der Waals surface area contributed by atoms with Gasteiger partial charge in [0.2, 0.25) is 5.69 Å². The average molecular weight is 292 g/mol. The molecule has 0 bridgehead atoms. The van der Waals surface area contributed by atoms with E-state index in [1.54, 1.807) is 11.0 Å². The number of pyridine rings is 1. The third-order valence-corrected chi connectivity index (χ3v) is 3.02. The van der Waals surface area contributed by atoms with Crippen LogP contribution in [0, 0.1) is 21.4 Å². The van der Waals surface area contributed by atoms with Gasteiger partial charge < -0.3 is 14.4 Å². The first-order valence-corrected chi connectivity index (χ1v) is 6.06. The summed E-state index contributed by atoms with van der Waals surface area (Å²) in [4.78, 5) is 27.3. The van der Waals surface area contributed by atoms with E-state index in [1.807, 2.05) is 0 Å². The Labute approximate surface area is 119 Å². The van der Waals surface area contributed by atoms with Crippen molar-refractivity contribution in [2.45, 2.75) is 6.10 Å². The maximum atomic E-state index is 11.5. The van der Waals surface area contributed by atoms with Crippen molar-refractivity contribution in [3.8, 4) is 6.07 Å². The van der Waals surface area contributed by atoms with Crippen molar-refractivity contribution in [3.63, 3.8) is 0 Å². The van der Waals surface area contributed by atoms with Crippen molar-refractivity contribution < 1.29 is 19.2 Å². The summed E-state index contributed by atoms with van der Waals surface area (Å²) < 4.78 is 9.90. The van der Waals surface area contributed by atoms with E-state index in [-0.39, 0.29) is 17.9 Å². The highest BCUT2D eigenvalue weighted by Crippen LogP contribution is 2.22. The minimum Gasteiger partial charge on any atom is -0.467 e. The fourth-order valence-electron chi connectivity index (χ4n) is 1.98. The number of carbonyl (C=O) groups is 1. The highest BCUT2D eigenvalue weighted by Gasteiger charge is 2.29. The Bertz CT molecular complexity index is 612. The number of anilines is 1. The molecule has 0 spiro atoms. The molecule has 0 amide bonds. The van der Waals surface area contributed by atoms with E-state index >= 15 is 0 Å². The lowest BCUT2D eigenvalue weighted by atomic mass is 10.2. The Morgan fingerprint density at radius 1 is 1.67 bits per heavy atom. The zero-order valence-corrected chi connectivity index (χ0v) is 11.2. The van der Waals surface area contributed by atoms with Crippen molar-refractivity contribution in [3.05, 3.63) is 27.9 Å². The van der Waals surface area contributed by atoms with Crippen LogP contribution in [0.2, 0.25) is 0 Å². The molecule has 1 atom stereocenters. The molecule has 0 aromatic carbocycles. The van der Waals surface area contributed by atoms with Crippen LogP contribution < -0.4 is 4.90 Å². The summed E-state index contributed by atoms with van der Waals surface area (Å²) in [6.45, 7) is 0.964. The van der Waals surface area contributed by atoms with Gasteiger partial charge in [-0.3, -0.25) is 10.1 Å². The number of nitro groups is 1. The molecular formula is C12H12N4O5. The van der Waals surface area contributed by atoms with Gasteiger partial charge in [0, 0.05) is 12.6 Å². The van der Waals surface area contributed by atoms with Gasteiger partial charge in [0.05, 0.1) is 25.2 Å². The van der Waals surface area contributed by atoms with E-state index in [4.69, 9.17) is 10.00 Å². The normalized spacial score (nSPS) is 17.9. The molecule has 1 unspecified atom stereocenters. The lowest BCUT2D eigenvalue weighted by molar-refractivity contribution is -0.385. The van der Waals surface area contributed by atoms with E-state index < -0.39 is 17.0 Å². The molecule has 1 fully saturated rings. The van der Waals surface area contributed by atoms with Crippen LogP contribution in [0.25, 0.3) is 0 Å². The molecule has 0 radical (unpaired) electrons. The topological polar surface area (TPSA) is 119 Å². The third-order valence-electron chi connectivity index (χ3n) is 3.02. The Balaban J connectivity index is 2.24. The van der Waals surface area contributed by atoms with Gasteiger partial charge in [-0.25, -0.2) is 9.78 Å². The molecule has 1 aromatic heterocycles. The van der Waals surface area contributed by atoms with Crippen LogP contribution in [0.5, 0.6) is 0 Å². The number of rotatable bonds is 3. The summed E-state index contributed by atoms with van der Waals surface area (Å²) in [7, 11) is 1.27. The molecule has 1 aliphatic rings. The second kappa shape index (κ2) is 6.15. The van der Waals surface area contributed by atoms with Gasteiger partial charge in [-0.1, -0.05) is 0 Å². The van der Waals surface area contributed by atoms with Gasteiger partial charge in [-0.15, -0.1) is 0 Å². The maximum absolute atomic E-state index is 11.5. The summed E-state index contributed by atoms with van der Waals surface area (Å²) in [5.74, 6) is -0.114. The summed E-state index contributed by atoms with van der Waals surface area (Å²) in [6, 6.07) is 4.37. The van der Waals surface area contributed by atoms with Gasteiger partial charge in [-0.05, 0) is 6.07 Å². The second-order valence-corrected chi connectivity index (χ2v) is 4.23. The van der Waals surface area contributed by atoms with Crippen molar-refractivity contribution in [1.29, 1.82) is 5.26 Å². The molecule has 9 heteroatoms. The van der Waals surface area contributed by atoms with E-state index in [9.17, 15) is 14.9 Å². The summed E-state index contributed by atoms with van der Waals surface area (Å²) >= 11 is 0. The molecule has 0 N–H and O–H groups in total. The molecule has 0 aliphatic carbocycles. The number of morpholine rings is 1. The molecule has 1 aromatic rings. The number of nitriles is 1. The van der Waals surface area contributed by atoms with Gasteiger partial charge in [0.25, 0.3) is 0 Å². The highest BCUT2D eigenvalue weighted by atomic mass is 16.6. The molecule has 21 heavy (non-hydrogen) atoms.